The summed E-state index contributed by atoms with van der Waals surface area (Å²) in [5.74, 6) is -0.295. The first-order valence-corrected chi connectivity index (χ1v) is 5.46. The fourth-order valence-electron chi connectivity index (χ4n) is 0.318. The highest BCUT2D eigenvalue weighted by Crippen LogP contribution is 1.91. The predicted molar refractivity (Wildman–Crippen MR) is 54.6 cm³/mol. The second kappa shape index (κ2) is 8.39. The van der Waals surface area contributed by atoms with Crippen LogP contribution in [-0.2, 0) is 24.1 Å². The average Bonchev–Trinajstić information content (AvgIpc) is 2.13. The number of ether oxygens (including phenoxy) is 1. The lowest BCUT2D eigenvalue weighted by molar-refractivity contribution is -0.138. The molecule has 0 radical (unpaired) electrons. The fraction of sp³-hybridized carbons (Fsp3) is 0.625. The van der Waals surface area contributed by atoms with Gasteiger partial charge >= 0.3 is 16.4 Å². The molecule has 0 aromatic carbocycles. The standard InChI is InChI=1S/C7H12O2.CH4O4S/c1-4-5-9-7(8)6(2)3;1-5-6(2,3)4/h2,4-5H2,1,3H3;1H3,(H,2,3,4). The first kappa shape index (κ1) is 16.5. The van der Waals surface area contributed by atoms with Gasteiger partial charge in [0.05, 0.1) is 13.7 Å². The Balaban J connectivity index is 0. The van der Waals surface area contributed by atoms with Gasteiger partial charge < -0.3 is 4.74 Å². The van der Waals surface area contributed by atoms with Crippen LogP contribution in [0.2, 0.25) is 0 Å². The van der Waals surface area contributed by atoms with E-state index in [-0.39, 0.29) is 5.97 Å². The molecule has 0 saturated carbocycles. The third-order valence-corrected chi connectivity index (χ3v) is 1.42. The maximum Gasteiger partial charge on any atom is 0.397 e. The van der Waals surface area contributed by atoms with Crippen molar-refractivity contribution >= 4 is 16.4 Å². The molecule has 0 saturated heterocycles. The van der Waals surface area contributed by atoms with Crippen LogP contribution in [0, 0.1) is 0 Å². The highest BCUT2D eigenvalue weighted by Gasteiger charge is 1.99. The van der Waals surface area contributed by atoms with Crippen LogP contribution in [-0.4, -0.2) is 32.7 Å². The van der Waals surface area contributed by atoms with E-state index in [0.29, 0.717) is 12.2 Å². The summed E-state index contributed by atoms with van der Waals surface area (Å²) in [6.07, 6.45) is 0.860. The van der Waals surface area contributed by atoms with E-state index in [9.17, 15) is 13.2 Å². The van der Waals surface area contributed by atoms with E-state index < -0.39 is 10.4 Å². The van der Waals surface area contributed by atoms with Crippen molar-refractivity contribution in [3.8, 4) is 0 Å². The minimum Gasteiger partial charge on any atom is -0.462 e. The molecule has 0 aliphatic carbocycles. The van der Waals surface area contributed by atoms with E-state index in [1.165, 1.54) is 0 Å². The largest absolute Gasteiger partial charge is 0.462 e. The number of carbonyl (C=O) groups excluding carboxylic acids is 1. The minimum atomic E-state index is -4.16. The number of hydrogen-bond donors (Lipinski definition) is 1. The molecule has 0 amide bonds. The summed E-state index contributed by atoms with van der Waals surface area (Å²) in [7, 11) is -3.29. The quantitative estimate of drug-likeness (QED) is 0.447. The zero-order valence-electron chi connectivity index (χ0n) is 9.02. The molecule has 0 unspecified atom stereocenters. The predicted octanol–water partition coefficient (Wildman–Crippen LogP) is 0.951. The van der Waals surface area contributed by atoms with Crippen LogP contribution in [0.1, 0.15) is 20.3 Å². The Morgan fingerprint density at radius 1 is 1.47 bits per heavy atom. The number of rotatable bonds is 4. The molecule has 0 spiro atoms. The molecule has 0 aliphatic heterocycles. The molecule has 6 nitrogen and oxygen atoms in total. The summed E-state index contributed by atoms with van der Waals surface area (Å²) in [6, 6.07) is 0. The molecule has 1 N–H and O–H groups in total. The average molecular weight is 240 g/mol. The molecule has 0 rings (SSSR count). The first-order valence-electron chi connectivity index (χ1n) is 4.10. The van der Waals surface area contributed by atoms with Gasteiger partial charge in [0.25, 0.3) is 0 Å². The zero-order chi connectivity index (χ0) is 12.5. The fourth-order valence-corrected chi connectivity index (χ4v) is 0.318. The highest BCUT2D eigenvalue weighted by atomic mass is 32.3. The monoisotopic (exact) mass is 240 g/mol. The van der Waals surface area contributed by atoms with Crippen molar-refractivity contribution in [3.63, 3.8) is 0 Å². The normalized spacial score (nSPS) is 9.87. The summed E-state index contributed by atoms with van der Waals surface area (Å²) in [5.41, 5.74) is 0.462. The summed E-state index contributed by atoms with van der Waals surface area (Å²) in [5, 5.41) is 0. The molecular formula is C8H16O6S. The van der Waals surface area contributed by atoms with Crippen molar-refractivity contribution < 1.29 is 26.7 Å². The molecule has 90 valence electrons. The third kappa shape index (κ3) is 15.8. The Hall–Kier alpha value is -0.920. The van der Waals surface area contributed by atoms with Crippen molar-refractivity contribution in [1.82, 2.24) is 0 Å². The summed E-state index contributed by atoms with van der Waals surface area (Å²) in [6.45, 7) is 7.51. The molecule has 0 bridgehead atoms. The van der Waals surface area contributed by atoms with Gasteiger partial charge in [-0.1, -0.05) is 13.5 Å². The second-order valence-corrected chi connectivity index (χ2v) is 3.70. The molecular weight excluding hydrogens is 224 g/mol. The van der Waals surface area contributed by atoms with Gasteiger partial charge in [0.1, 0.15) is 0 Å². The van der Waals surface area contributed by atoms with E-state index in [4.69, 9.17) is 9.29 Å². The van der Waals surface area contributed by atoms with Gasteiger partial charge in [0, 0.05) is 5.57 Å². The highest BCUT2D eigenvalue weighted by molar-refractivity contribution is 7.80. The maximum atomic E-state index is 10.6. The lowest BCUT2D eigenvalue weighted by Gasteiger charge is -1.99. The van der Waals surface area contributed by atoms with Gasteiger partial charge in [0.2, 0.25) is 0 Å². The maximum absolute atomic E-state index is 10.6. The first-order chi connectivity index (χ1) is 6.74. The zero-order valence-corrected chi connectivity index (χ0v) is 9.83. The molecule has 15 heavy (non-hydrogen) atoms. The van der Waals surface area contributed by atoms with Crippen LogP contribution in [0.25, 0.3) is 0 Å². The lowest BCUT2D eigenvalue weighted by Crippen LogP contribution is -2.04. The van der Waals surface area contributed by atoms with Crippen molar-refractivity contribution in [2.24, 2.45) is 0 Å². The summed E-state index contributed by atoms with van der Waals surface area (Å²) >= 11 is 0. The Labute approximate surface area is 89.8 Å². The summed E-state index contributed by atoms with van der Waals surface area (Å²) < 4.78 is 34.4. The number of hydrogen-bond acceptors (Lipinski definition) is 5. The second-order valence-electron chi connectivity index (χ2n) is 2.51. The van der Waals surface area contributed by atoms with Gasteiger partial charge in [-0.25, -0.2) is 4.79 Å². The SMILES string of the molecule is C=C(C)C(=O)OCCC.COS(=O)(=O)O. The van der Waals surface area contributed by atoms with E-state index in [0.717, 1.165) is 13.5 Å². The van der Waals surface area contributed by atoms with Gasteiger partial charge in [-0.15, -0.1) is 0 Å². The Morgan fingerprint density at radius 2 is 1.87 bits per heavy atom. The van der Waals surface area contributed by atoms with Crippen molar-refractivity contribution in [3.05, 3.63) is 12.2 Å². The third-order valence-electron chi connectivity index (χ3n) is 0.996. The topological polar surface area (TPSA) is 89.9 Å². The van der Waals surface area contributed by atoms with Crippen molar-refractivity contribution in [2.75, 3.05) is 13.7 Å². The lowest BCUT2D eigenvalue weighted by atomic mass is 10.4. The van der Waals surface area contributed by atoms with Gasteiger partial charge in [-0.2, -0.15) is 8.42 Å². The van der Waals surface area contributed by atoms with E-state index in [2.05, 4.69) is 10.8 Å². The van der Waals surface area contributed by atoms with Crippen LogP contribution in [0.3, 0.4) is 0 Å². The van der Waals surface area contributed by atoms with Gasteiger partial charge in [0.15, 0.2) is 0 Å². The number of esters is 1. The molecule has 7 heteroatoms. The van der Waals surface area contributed by atoms with E-state index >= 15 is 0 Å². The van der Waals surface area contributed by atoms with Crippen LogP contribution in [0.5, 0.6) is 0 Å². The Bertz CT molecular complexity index is 292. The molecule has 0 fully saturated rings. The number of carbonyl (C=O) groups is 1. The molecule has 0 aromatic rings. The van der Waals surface area contributed by atoms with Crippen molar-refractivity contribution in [2.45, 2.75) is 20.3 Å². The Kier molecular flexibility index (Phi) is 9.24. The van der Waals surface area contributed by atoms with E-state index in [1.54, 1.807) is 6.92 Å². The molecule has 0 atom stereocenters. The minimum absolute atomic E-state index is 0.295. The van der Waals surface area contributed by atoms with Crippen LogP contribution in [0.4, 0.5) is 0 Å². The van der Waals surface area contributed by atoms with Gasteiger partial charge in [-0.05, 0) is 13.3 Å². The van der Waals surface area contributed by atoms with Crippen LogP contribution in [0.15, 0.2) is 12.2 Å². The smallest absolute Gasteiger partial charge is 0.397 e. The van der Waals surface area contributed by atoms with Crippen LogP contribution < -0.4 is 0 Å². The van der Waals surface area contributed by atoms with Gasteiger partial charge in [-0.3, -0.25) is 8.74 Å². The van der Waals surface area contributed by atoms with E-state index in [1.807, 2.05) is 6.92 Å². The molecule has 0 aromatic heterocycles. The molecule has 0 aliphatic rings. The van der Waals surface area contributed by atoms with Crippen molar-refractivity contribution in [1.29, 1.82) is 0 Å². The Morgan fingerprint density at radius 3 is 2.07 bits per heavy atom. The summed E-state index contributed by atoms with van der Waals surface area (Å²) in [4.78, 5) is 10.6. The molecule has 0 heterocycles. The van der Waals surface area contributed by atoms with Crippen LogP contribution >= 0.6 is 0 Å².